The molecule has 0 bridgehead atoms. The first-order valence-corrected chi connectivity index (χ1v) is 12.8. The minimum Gasteiger partial charge on any atom is -0.465 e. The Morgan fingerprint density at radius 3 is 1.37 bits per heavy atom. The fourth-order valence-electron chi connectivity index (χ4n) is 3.05. The van der Waals surface area contributed by atoms with Crippen molar-refractivity contribution >= 4 is 29.7 Å². The van der Waals surface area contributed by atoms with Gasteiger partial charge < -0.3 is 18.9 Å². The Morgan fingerprint density at radius 1 is 0.585 bits per heavy atom. The molecule has 0 aromatic carbocycles. The molecule has 0 saturated carbocycles. The highest BCUT2D eigenvalue weighted by Crippen LogP contribution is 2.29. The Morgan fingerprint density at radius 2 is 0.976 bits per heavy atom. The summed E-state index contributed by atoms with van der Waals surface area (Å²) in [6, 6.07) is 0. The summed E-state index contributed by atoms with van der Waals surface area (Å²) < 4.78 is 20.4. The average molecular weight is 589 g/mol. The first-order valence-electron chi connectivity index (χ1n) is 12.8. The van der Waals surface area contributed by atoms with Crippen LogP contribution in [-0.4, -0.2) is 56.1 Å². The summed E-state index contributed by atoms with van der Waals surface area (Å²) in [4.78, 5) is 58.8. The highest BCUT2D eigenvalue weighted by atomic mass is 16.5. The van der Waals surface area contributed by atoms with E-state index < -0.39 is 22.8 Å². The van der Waals surface area contributed by atoms with Crippen LogP contribution in [-0.2, 0) is 42.9 Å². The van der Waals surface area contributed by atoms with E-state index in [-0.39, 0.29) is 93.1 Å². The largest absolute Gasteiger partial charge is 0.465 e. The van der Waals surface area contributed by atoms with Crippen LogP contribution >= 0.6 is 0 Å². The van der Waals surface area contributed by atoms with E-state index in [1.54, 1.807) is 13.8 Å². The molecule has 0 radical (unpaired) electrons. The Balaban J connectivity index is -0.00000108. The van der Waals surface area contributed by atoms with Crippen molar-refractivity contribution in [3.05, 3.63) is 25.3 Å². The number of carbonyl (C=O) groups excluding carboxylic acids is 5. The second kappa shape index (κ2) is 26.0. The van der Waals surface area contributed by atoms with E-state index in [4.69, 9.17) is 18.9 Å². The zero-order chi connectivity index (χ0) is 28.3. The van der Waals surface area contributed by atoms with Crippen molar-refractivity contribution < 1.29 is 42.9 Å². The van der Waals surface area contributed by atoms with Crippen LogP contribution in [0.4, 0.5) is 0 Å². The zero-order valence-corrected chi connectivity index (χ0v) is 22.9. The summed E-state index contributed by atoms with van der Waals surface area (Å²) in [6.07, 6.45) is 6.79. The van der Waals surface area contributed by atoms with Gasteiger partial charge in [0.25, 0.3) is 0 Å². The molecular weight excluding hydrogens is 528 g/mol. The topological polar surface area (TPSA) is 122 Å². The van der Waals surface area contributed by atoms with Crippen molar-refractivity contribution in [1.82, 2.24) is 0 Å². The van der Waals surface area contributed by atoms with Gasteiger partial charge in [0.15, 0.2) is 0 Å². The van der Waals surface area contributed by atoms with Gasteiger partial charge in [-0.15, -0.1) is 0 Å². The van der Waals surface area contributed by atoms with Gasteiger partial charge >= 0.3 is 23.9 Å². The quantitative estimate of drug-likeness (QED) is 0.0592. The molecule has 0 saturated heterocycles. The van der Waals surface area contributed by atoms with Crippen molar-refractivity contribution in [2.75, 3.05) is 26.4 Å². The van der Waals surface area contributed by atoms with Crippen molar-refractivity contribution in [2.24, 2.45) is 10.8 Å². The fraction of sp³-hybridized carbons (Fsp3) is 0.719. The molecule has 0 aliphatic rings. The summed E-state index contributed by atoms with van der Waals surface area (Å²) in [7, 11) is 0. The molecule has 9 heteroatoms. The summed E-state index contributed by atoms with van der Waals surface area (Å²) in [5, 5.41) is 0. The lowest BCUT2D eigenvalue weighted by molar-refractivity contribution is -0.152. The monoisotopic (exact) mass is 588 g/mol. The van der Waals surface area contributed by atoms with Gasteiger partial charge in [-0.2, -0.15) is 0 Å². The molecule has 0 aliphatic carbocycles. The number of hydrogen-bond acceptors (Lipinski definition) is 9. The van der Waals surface area contributed by atoms with Crippen LogP contribution in [0.3, 0.4) is 0 Å². The van der Waals surface area contributed by atoms with Crippen LogP contribution in [0.5, 0.6) is 0 Å². The van der Waals surface area contributed by atoms with Gasteiger partial charge in [-0.25, -0.2) is 9.59 Å². The van der Waals surface area contributed by atoms with Crippen LogP contribution in [0.25, 0.3) is 0 Å². The second-order valence-electron chi connectivity index (χ2n) is 10.3. The van der Waals surface area contributed by atoms with Crippen molar-refractivity contribution in [1.29, 1.82) is 0 Å². The molecule has 0 amide bonds. The van der Waals surface area contributed by atoms with E-state index >= 15 is 0 Å². The number of rotatable bonds is 21. The van der Waals surface area contributed by atoms with Crippen LogP contribution in [0.15, 0.2) is 25.3 Å². The SMILES string of the molecule is C.C.C.C.C=CC(=O)OCCCCCC(=O)OCC(C)(C)CC(=O)C(C)(C)COC(=O)CCCCCOC(=O)C=C. The van der Waals surface area contributed by atoms with Crippen LogP contribution < -0.4 is 0 Å². The first kappa shape index (κ1) is 47.8. The van der Waals surface area contributed by atoms with Gasteiger partial charge in [0.2, 0.25) is 0 Å². The minimum atomic E-state index is -0.870. The maximum atomic E-state index is 12.9. The molecule has 0 rings (SSSR count). The molecule has 0 unspecified atom stereocenters. The number of Topliss-reactive ketones (excluding diaryl/α,β-unsaturated/α-hetero) is 1. The Hall–Kier alpha value is -2.97. The van der Waals surface area contributed by atoms with Crippen LogP contribution in [0.2, 0.25) is 0 Å². The Bertz CT molecular complexity index is 782. The van der Waals surface area contributed by atoms with Gasteiger partial charge in [0, 0.05) is 36.8 Å². The second-order valence-corrected chi connectivity index (χ2v) is 10.3. The molecule has 41 heavy (non-hydrogen) atoms. The molecule has 9 nitrogen and oxygen atoms in total. The molecule has 0 aromatic heterocycles. The van der Waals surface area contributed by atoms with Crippen LogP contribution in [0.1, 0.15) is 115 Å². The lowest BCUT2D eigenvalue weighted by Gasteiger charge is -2.29. The van der Waals surface area contributed by atoms with E-state index in [9.17, 15) is 24.0 Å². The third-order valence-corrected chi connectivity index (χ3v) is 5.48. The maximum absolute atomic E-state index is 12.9. The molecule has 0 spiro atoms. The van der Waals surface area contributed by atoms with E-state index in [1.165, 1.54) is 0 Å². The Labute approximate surface area is 250 Å². The molecule has 242 valence electrons. The highest BCUT2D eigenvalue weighted by Gasteiger charge is 2.34. The lowest BCUT2D eigenvalue weighted by Crippen LogP contribution is -2.35. The standard InChI is InChI=1S/C28H44O9.4CH4/c1-7-23(30)34-17-13-9-11-15-25(32)36-20-27(3,4)19-22(29)28(5,6)21-37-26(33)16-12-10-14-18-35-24(31)8-2;;;;/h7-8H,1-2,9-21H2,3-6H3;4*1H4. The van der Waals surface area contributed by atoms with E-state index in [1.807, 2.05) is 13.8 Å². The van der Waals surface area contributed by atoms with E-state index in [0.29, 0.717) is 32.1 Å². The van der Waals surface area contributed by atoms with Crippen molar-refractivity contribution in [3.63, 3.8) is 0 Å². The number of hydrogen-bond donors (Lipinski definition) is 0. The van der Waals surface area contributed by atoms with Gasteiger partial charge in [0.1, 0.15) is 12.4 Å². The Kier molecular flexibility index (Phi) is 30.3. The van der Waals surface area contributed by atoms with E-state index in [0.717, 1.165) is 18.6 Å². The zero-order valence-electron chi connectivity index (χ0n) is 22.9. The van der Waals surface area contributed by atoms with Crippen molar-refractivity contribution in [3.8, 4) is 0 Å². The third-order valence-electron chi connectivity index (χ3n) is 5.48. The number of ketones is 1. The predicted molar refractivity (Wildman–Crippen MR) is 165 cm³/mol. The third kappa shape index (κ3) is 25.7. The molecule has 0 heterocycles. The molecule has 0 N–H and O–H groups in total. The molecule has 0 fully saturated rings. The summed E-state index contributed by atoms with van der Waals surface area (Å²) in [6.45, 7) is 14.4. The predicted octanol–water partition coefficient (Wildman–Crippen LogP) is 7.21. The first-order chi connectivity index (χ1) is 17.3. The molecule has 0 aliphatic heterocycles. The maximum Gasteiger partial charge on any atom is 0.330 e. The average Bonchev–Trinajstić information content (AvgIpc) is 2.85. The number of esters is 4. The lowest BCUT2D eigenvalue weighted by atomic mass is 9.78. The van der Waals surface area contributed by atoms with Gasteiger partial charge in [-0.3, -0.25) is 14.4 Å². The van der Waals surface area contributed by atoms with Crippen LogP contribution in [0, 0.1) is 10.8 Å². The van der Waals surface area contributed by atoms with Crippen molar-refractivity contribution in [2.45, 2.75) is 115 Å². The normalized spacial score (nSPS) is 10.1. The van der Waals surface area contributed by atoms with E-state index in [2.05, 4.69) is 13.2 Å². The summed E-state index contributed by atoms with van der Waals surface area (Å²) in [5.41, 5.74) is -1.44. The van der Waals surface area contributed by atoms with Gasteiger partial charge in [0.05, 0.1) is 25.2 Å². The number of carbonyl (C=O) groups is 5. The summed E-state index contributed by atoms with van der Waals surface area (Å²) >= 11 is 0. The highest BCUT2D eigenvalue weighted by molar-refractivity contribution is 5.85. The molecule has 0 atom stereocenters. The number of unbranched alkanes of at least 4 members (excludes halogenated alkanes) is 4. The molecule has 0 aromatic rings. The number of ether oxygens (including phenoxy) is 4. The van der Waals surface area contributed by atoms with Gasteiger partial charge in [-0.1, -0.05) is 56.7 Å². The smallest absolute Gasteiger partial charge is 0.330 e. The summed E-state index contributed by atoms with van der Waals surface area (Å²) in [5.74, 6) is -1.73. The molecular formula is C32H60O9. The minimum absolute atomic E-state index is 0. The van der Waals surface area contributed by atoms with Gasteiger partial charge in [-0.05, 0) is 52.4 Å². The fourth-order valence-corrected chi connectivity index (χ4v) is 3.05.